The molecular weight excluding hydrogens is 551 g/mol. The largest absolute Gasteiger partial charge is 0.444 e. The van der Waals surface area contributed by atoms with E-state index in [0.717, 1.165) is 17.5 Å². The highest BCUT2D eigenvalue weighted by Gasteiger charge is 2.41. The van der Waals surface area contributed by atoms with E-state index in [4.69, 9.17) is 4.42 Å². The Hall–Kier alpha value is -4.68. The fourth-order valence-electron chi connectivity index (χ4n) is 4.51. The molecule has 5 rings (SSSR count). The molecule has 1 saturated heterocycles. The first-order chi connectivity index (χ1) is 19.8. The van der Waals surface area contributed by atoms with Crippen molar-refractivity contribution >= 4 is 29.1 Å². The first-order valence-electron chi connectivity index (χ1n) is 13.4. The number of aromatic nitrogens is 4. The lowest BCUT2D eigenvalue weighted by Gasteiger charge is -2.18. The van der Waals surface area contributed by atoms with Gasteiger partial charge in [0.25, 0.3) is 5.91 Å². The van der Waals surface area contributed by atoms with E-state index in [9.17, 15) is 22.8 Å². The summed E-state index contributed by atoms with van der Waals surface area (Å²) in [5, 5.41) is 9.66. The summed E-state index contributed by atoms with van der Waals surface area (Å²) >= 11 is 0. The van der Waals surface area contributed by atoms with E-state index in [-0.39, 0.29) is 23.3 Å². The Balaban J connectivity index is 1.40. The number of benzene rings is 1. The van der Waals surface area contributed by atoms with E-state index >= 15 is 0 Å². The van der Waals surface area contributed by atoms with Crippen LogP contribution < -0.4 is 15.5 Å². The molecule has 2 amide bonds. The van der Waals surface area contributed by atoms with Crippen LogP contribution in [0.15, 0.2) is 59.5 Å². The van der Waals surface area contributed by atoms with Gasteiger partial charge in [0.05, 0.1) is 11.9 Å². The maximum absolute atomic E-state index is 13.3. The number of oxazole rings is 1. The zero-order chi connectivity index (χ0) is 30.2. The Labute approximate surface area is 239 Å². The zero-order valence-electron chi connectivity index (χ0n) is 23.5. The van der Waals surface area contributed by atoms with Gasteiger partial charge in [-0.25, -0.2) is 14.6 Å². The van der Waals surface area contributed by atoms with Gasteiger partial charge < -0.3 is 15.1 Å². The van der Waals surface area contributed by atoms with Gasteiger partial charge in [0.1, 0.15) is 24.3 Å². The summed E-state index contributed by atoms with van der Waals surface area (Å²) < 4.78 is 44.8. The van der Waals surface area contributed by atoms with Gasteiger partial charge in [-0.2, -0.15) is 13.2 Å². The Morgan fingerprint density at radius 1 is 1.17 bits per heavy atom. The van der Waals surface area contributed by atoms with Crippen LogP contribution in [0.1, 0.15) is 56.1 Å². The average Bonchev–Trinajstić information content (AvgIpc) is 3.66. The van der Waals surface area contributed by atoms with Crippen LogP contribution in [0.4, 0.5) is 30.5 Å². The lowest BCUT2D eigenvalue weighted by Crippen LogP contribution is -2.32. The molecule has 1 aliphatic heterocycles. The van der Waals surface area contributed by atoms with E-state index in [2.05, 4.69) is 39.5 Å². The first kappa shape index (κ1) is 28.8. The minimum Gasteiger partial charge on any atom is -0.444 e. The van der Waals surface area contributed by atoms with Gasteiger partial charge in [-0.05, 0) is 42.2 Å². The van der Waals surface area contributed by atoms with Crippen molar-refractivity contribution in [1.29, 1.82) is 0 Å². The molecular formula is C29H30F3N7O3. The Kier molecular flexibility index (Phi) is 7.52. The van der Waals surface area contributed by atoms with Crippen LogP contribution >= 0.6 is 0 Å². The topological polar surface area (TPSA) is 118 Å². The number of carbonyl (C=O) groups excluding carboxylic acids is 2. The minimum absolute atomic E-state index is 0.0225. The van der Waals surface area contributed by atoms with Crippen LogP contribution in [-0.2, 0) is 4.79 Å². The first-order valence-corrected chi connectivity index (χ1v) is 13.4. The molecule has 4 heterocycles. The molecule has 2 N–H and O–H groups in total. The second-order valence-corrected chi connectivity index (χ2v) is 11.0. The predicted octanol–water partition coefficient (Wildman–Crippen LogP) is 6.04. The molecule has 0 unspecified atom stereocenters. The fraction of sp³-hybridized carbons (Fsp3) is 0.345. The van der Waals surface area contributed by atoms with Gasteiger partial charge in [0.15, 0.2) is 11.5 Å². The zero-order valence-corrected chi connectivity index (χ0v) is 23.5. The number of anilines is 3. The van der Waals surface area contributed by atoms with E-state index in [1.54, 1.807) is 15.8 Å². The third-order valence-corrected chi connectivity index (χ3v) is 7.02. The minimum atomic E-state index is -4.41. The van der Waals surface area contributed by atoms with Crippen LogP contribution in [0.3, 0.4) is 0 Å². The SMILES string of the molecule is CC(C)c1ccc(-n2cc(NC(=O)c3coc(-c4ccnc(NCC(F)(F)F)c4)n3)c(N3CCC(C)(C)C3=O)n2)cc1. The van der Waals surface area contributed by atoms with Crippen molar-refractivity contribution in [3.8, 4) is 17.1 Å². The number of pyridine rings is 1. The van der Waals surface area contributed by atoms with Crippen molar-refractivity contribution < 1.29 is 27.2 Å². The number of carbonyl (C=O) groups is 2. The van der Waals surface area contributed by atoms with E-state index in [0.29, 0.717) is 36.0 Å². The third kappa shape index (κ3) is 6.14. The van der Waals surface area contributed by atoms with Gasteiger partial charge in [0, 0.05) is 23.7 Å². The van der Waals surface area contributed by atoms with Gasteiger partial charge >= 0.3 is 6.18 Å². The molecule has 0 bridgehead atoms. The second-order valence-electron chi connectivity index (χ2n) is 11.0. The number of alkyl halides is 3. The molecule has 0 spiro atoms. The predicted molar refractivity (Wildman–Crippen MR) is 151 cm³/mol. The highest BCUT2D eigenvalue weighted by atomic mass is 19.4. The summed E-state index contributed by atoms with van der Waals surface area (Å²) in [6.45, 7) is 7.13. The van der Waals surface area contributed by atoms with Crippen molar-refractivity contribution in [2.45, 2.75) is 46.2 Å². The molecule has 10 nitrogen and oxygen atoms in total. The highest BCUT2D eigenvalue weighted by molar-refractivity contribution is 6.07. The van der Waals surface area contributed by atoms with Crippen LogP contribution in [0, 0.1) is 5.41 Å². The number of hydrogen-bond donors (Lipinski definition) is 2. The Morgan fingerprint density at radius 2 is 1.90 bits per heavy atom. The fourth-order valence-corrected chi connectivity index (χ4v) is 4.51. The Bertz CT molecular complexity index is 1610. The highest BCUT2D eigenvalue weighted by Crippen LogP contribution is 2.37. The van der Waals surface area contributed by atoms with Crippen molar-refractivity contribution in [3.63, 3.8) is 0 Å². The smallest absolute Gasteiger partial charge is 0.405 e. The number of hydrogen-bond acceptors (Lipinski definition) is 7. The van der Waals surface area contributed by atoms with Gasteiger partial charge in [-0.1, -0.05) is 39.8 Å². The normalized spacial score (nSPS) is 15.0. The molecule has 1 fully saturated rings. The molecule has 3 aromatic heterocycles. The van der Waals surface area contributed by atoms with Crippen molar-refractivity contribution in [2.75, 3.05) is 28.6 Å². The molecule has 4 aromatic rings. The summed E-state index contributed by atoms with van der Waals surface area (Å²) in [4.78, 5) is 36.1. The summed E-state index contributed by atoms with van der Waals surface area (Å²) in [5.74, 6) is -0.0501. The number of halogens is 3. The van der Waals surface area contributed by atoms with Crippen LogP contribution in [0.2, 0.25) is 0 Å². The monoisotopic (exact) mass is 581 g/mol. The number of nitrogens with zero attached hydrogens (tertiary/aromatic N) is 5. The van der Waals surface area contributed by atoms with Crippen molar-refractivity contribution in [3.05, 3.63) is 66.3 Å². The average molecular weight is 582 g/mol. The molecule has 0 aliphatic carbocycles. The Morgan fingerprint density at radius 3 is 2.55 bits per heavy atom. The molecule has 220 valence electrons. The van der Waals surface area contributed by atoms with Crippen LogP contribution in [0.25, 0.3) is 17.1 Å². The summed E-state index contributed by atoms with van der Waals surface area (Å²) in [7, 11) is 0. The number of rotatable bonds is 8. The molecule has 13 heteroatoms. The van der Waals surface area contributed by atoms with Gasteiger partial charge in [0.2, 0.25) is 11.8 Å². The summed E-state index contributed by atoms with van der Waals surface area (Å²) in [6.07, 6.45) is 0.311. The molecule has 1 aliphatic rings. The molecule has 0 saturated carbocycles. The van der Waals surface area contributed by atoms with E-state index in [1.807, 2.05) is 38.1 Å². The van der Waals surface area contributed by atoms with E-state index in [1.165, 1.54) is 18.3 Å². The van der Waals surface area contributed by atoms with Crippen molar-refractivity contribution in [1.82, 2.24) is 19.7 Å². The summed E-state index contributed by atoms with van der Waals surface area (Å²) in [6, 6.07) is 10.7. The van der Waals surface area contributed by atoms with Crippen molar-refractivity contribution in [2.24, 2.45) is 5.41 Å². The number of amides is 2. The van der Waals surface area contributed by atoms with Crippen LogP contribution in [0.5, 0.6) is 0 Å². The standard InChI is InChI=1S/C29H30F3N7O3/c1-17(2)18-5-7-20(8-6-18)39-14-21(24(37-39)38-12-10-28(3,4)27(38)41)35-25(40)22-15-42-26(36-22)19-9-11-33-23(13-19)34-16-29(30,31)32/h5-9,11,13-15,17H,10,12,16H2,1-4H3,(H,33,34)(H,35,40). The lowest BCUT2D eigenvalue weighted by molar-refractivity contribution is -0.124. The third-order valence-electron chi connectivity index (χ3n) is 7.02. The second kappa shape index (κ2) is 11.0. The van der Waals surface area contributed by atoms with E-state index < -0.39 is 24.0 Å². The number of nitrogens with one attached hydrogen (secondary N) is 2. The van der Waals surface area contributed by atoms with Gasteiger partial charge in [-0.3, -0.25) is 14.5 Å². The molecule has 0 radical (unpaired) electrons. The van der Waals surface area contributed by atoms with Gasteiger partial charge in [-0.15, -0.1) is 5.10 Å². The quantitative estimate of drug-likeness (QED) is 0.261. The van der Waals surface area contributed by atoms with Crippen LogP contribution in [-0.4, -0.2) is 50.8 Å². The maximum Gasteiger partial charge on any atom is 0.405 e. The maximum atomic E-state index is 13.3. The summed E-state index contributed by atoms with van der Waals surface area (Å²) in [5.41, 5.74) is 1.92. The molecule has 1 aromatic carbocycles. The lowest BCUT2D eigenvalue weighted by atomic mass is 9.92. The molecule has 42 heavy (non-hydrogen) atoms. The molecule has 0 atom stereocenters.